The lowest BCUT2D eigenvalue weighted by molar-refractivity contribution is -0.138. The van der Waals surface area contributed by atoms with Crippen molar-refractivity contribution in [2.75, 3.05) is 23.7 Å². The molecule has 0 unspecified atom stereocenters. The summed E-state index contributed by atoms with van der Waals surface area (Å²) in [4.78, 5) is 2.05. The van der Waals surface area contributed by atoms with Crippen molar-refractivity contribution < 1.29 is 13.2 Å². The molecular formula is C14H17BrF3NS. The van der Waals surface area contributed by atoms with Gasteiger partial charge in [-0.25, -0.2) is 0 Å². The van der Waals surface area contributed by atoms with Crippen molar-refractivity contribution in [2.24, 2.45) is 0 Å². The molecular weight excluding hydrogens is 351 g/mol. The van der Waals surface area contributed by atoms with Crippen LogP contribution in [0, 0.1) is 0 Å². The smallest absolute Gasteiger partial charge is 0.369 e. The van der Waals surface area contributed by atoms with Crippen molar-refractivity contribution in [3.63, 3.8) is 0 Å². The molecule has 0 bridgehead atoms. The van der Waals surface area contributed by atoms with Crippen LogP contribution < -0.4 is 4.90 Å². The summed E-state index contributed by atoms with van der Waals surface area (Å²) in [6.07, 6.45) is -4.31. The van der Waals surface area contributed by atoms with Gasteiger partial charge in [-0.1, -0.05) is 22.0 Å². The molecule has 1 heterocycles. The van der Waals surface area contributed by atoms with Gasteiger partial charge in [0.2, 0.25) is 0 Å². The quantitative estimate of drug-likeness (QED) is 0.681. The molecule has 0 spiro atoms. The minimum absolute atomic E-state index is 0.0741. The molecule has 0 radical (unpaired) electrons. The number of hydrogen-bond acceptors (Lipinski definition) is 2. The molecule has 0 amide bonds. The molecule has 112 valence electrons. The van der Waals surface area contributed by atoms with E-state index in [9.17, 15) is 13.2 Å². The number of nitrogens with zero attached hydrogens (tertiary/aromatic N) is 1. The monoisotopic (exact) mass is 367 g/mol. The fraction of sp³-hybridized carbons (Fsp3) is 0.571. The SMILES string of the molecule is CC1(C)CN(c2ccc(CBr)c(C(F)(F)F)c2)CCS1. The van der Waals surface area contributed by atoms with Gasteiger partial charge in [-0.05, 0) is 31.5 Å². The first kappa shape index (κ1) is 16.0. The number of anilines is 1. The number of hydrogen-bond donors (Lipinski definition) is 0. The Morgan fingerprint density at radius 2 is 2.05 bits per heavy atom. The van der Waals surface area contributed by atoms with Gasteiger partial charge in [-0.15, -0.1) is 0 Å². The lowest BCUT2D eigenvalue weighted by Crippen LogP contribution is -2.43. The van der Waals surface area contributed by atoms with Crippen molar-refractivity contribution in [1.82, 2.24) is 0 Å². The molecule has 0 saturated carbocycles. The Kier molecular flexibility index (Phi) is 4.64. The minimum atomic E-state index is -4.31. The van der Waals surface area contributed by atoms with Gasteiger partial charge in [0.25, 0.3) is 0 Å². The van der Waals surface area contributed by atoms with E-state index in [1.54, 1.807) is 12.1 Å². The van der Waals surface area contributed by atoms with Gasteiger partial charge in [0.05, 0.1) is 5.56 Å². The van der Waals surface area contributed by atoms with E-state index in [1.807, 2.05) is 16.7 Å². The van der Waals surface area contributed by atoms with Crippen molar-refractivity contribution >= 4 is 33.4 Å². The zero-order valence-corrected chi connectivity index (χ0v) is 13.8. The predicted molar refractivity (Wildman–Crippen MR) is 82.8 cm³/mol. The van der Waals surface area contributed by atoms with Crippen LogP contribution in [0.5, 0.6) is 0 Å². The summed E-state index contributed by atoms with van der Waals surface area (Å²) in [6.45, 7) is 5.81. The third-order valence-electron chi connectivity index (χ3n) is 3.33. The van der Waals surface area contributed by atoms with Crippen LogP contribution in [0.3, 0.4) is 0 Å². The minimum Gasteiger partial charge on any atom is -0.369 e. The lowest BCUT2D eigenvalue weighted by Gasteiger charge is -2.39. The standard InChI is InChI=1S/C14H17BrF3NS/c1-13(2)9-19(5-6-20-13)11-4-3-10(8-15)12(7-11)14(16,17)18/h3-4,7H,5-6,8-9H2,1-2H3. The van der Waals surface area contributed by atoms with E-state index in [0.29, 0.717) is 5.69 Å². The summed E-state index contributed by atoms with van der Waals surface area (Å²) in [5, 5.41) is 0.212. The van der Waals surface area contributed by atoms with E-state index in [1.165, 1.54) is 6.07 Å². The van der Waals surface area contributed by atoms with Gasteiger partial charge >= 0.3 is 6.18 Å². The van der Waals surface area contributed by atoms with Gasteiger partial charge in [0.15, 0.2) is 0 Å². The number of alkyl halides is 4. The summed E-state index contributed by atoms with van der Waals surface area (Å²) < 4.78 is 39.3. The number of halogens is 4. The maximum Gasteiger partial charge on any atom is 0.416 e. The number of thioether (sulfide) groups is 1. The maximum absolute atomic E-state index is 13.1. The summed E-state index contributed by atoms with van der Waals surface area (Å²) in [6, 6.07) is 4.64. The Labute approximate surface area is 130 Å². The average molecular weight is 368 g/mol. The van der Waals surface area contributed by atoms with Crippen LogP contribution >= 0.6 is 27.7 Å². The van der Waals surface area contributed by atoms with Gasteiger partial charge in [0.1, 0.15) is 0 Å². The van der Waals surface area contributed by atoms with E-state index in [-0.39, 0.29) is 15.6 Å². The van der Waals surface area contributed by atoms with Crippen molar-refractivity contribution in [3.05, 3.63) is 29.3 Å². The highest BCUT2D eigenvalue weighted by Gasteiger charge is 2.34. The summed E-state index contributed by atoms with van der Waals surface area (Å²) in [5.41, 5.74) is 0.408. The Bertz CT molecular complexity index is 488. The molecule has 1 nitrogen and oxygen atoms in total. The van der Waals surface area contributed by atoms with Crippen LogP contribution in [0.15, 0.2) is 18.2 Å². The fourth-order valence-corrected chi connectivity index (χ4v) is 3.98. The molecule has 1 saturated heterocycles. The maximum atomic E-state index is 13.1. The lowest BCUT2D eigenvalue weighted by atomic mass is 10.1. The van der Waals surface area contributed by atoms with E-state index in [2.05, 4.69) is 29.8 Å². The topological polar surface area (TPSA) is 3.24 Å². The zero-order chi connectivity index (χ0) is 15.0. The van der Waals surface area contributed by atoms with E-state index in [0.717, 1.165) is 18.8 Å². The Balaban J connectivity index is 2.34. The molecule has 0 aliphatic carbocycles. The van der Waals surface area contributed by atoms with Crippen LogP contribution in [0.2, 0.25) is 0 Å². The largest absolute Gasteiger partial charge is 0.416 e. The highest BCUT2D eigenvalue weighted by Crippen LogP contribution is 2.37. The van der Waals surface area contributed by atoms with Crippen LogP contribution in [-0.4, -0.2) is 23.6 Å². The van der Waals surface area contributed by atoms with Crippen LogP contribution in [0.4, 0.5) is 18.9 Å². The Morgan fingerprint density at radius 1 is 1.35 bits per heavy atom. The molecule has 0 aromatic heterocycles. The molecule has 1 fully saturated rings. The first-order valence-electron chi connectivity index (χ1n) is 6.38. The molecule has 1 aliphatic heterocycles. The number of rotatable bonds is 2. The molecule has 0 N–H and O–H groups in total. The molecule has 20 heavy (non-hydrogen) atoms. The fourth-order valence-electron chi connectivity index (χ4n) is 2.38. The van der Waals surface area contributed by atoms with Crippen LogP contribution in [0.25, 0.3) is 0 Å². The second-order valence-corrected chi connectivity index (χ2v) is 7.87. The second-order valence-electron chi connectivity index (χ2n) is 5.50. The van der Waals surface area contributed by atoms with E-state index in [4.69, 9.17) is 0 Å². The van der Waals surface area contributed by atoms with E-state index < -0.39 is 11.7 Å². The average Bonchev–Trinajstić information content (AvgIpc) is 2.35. The van der Waals surface area contributed by atoms with Gasteiger partial charge in [-0.2, -0.15) is 24.9 Å². The Hall–Kier alpha value is -0.360. The molecule has 1 aromatic rings. The van der Waals surface area contributed by atoms with Crippen LogP contribution in [0.1, 0.15) is 25.0 Å². The first-order chi connectivity index (χ1) is 9.23. The highest BCUT2D eigenvalue weighted by molar-refractivity contribution is 9.08. The molecule has 2 rings (SSSR count). The molecule has 1 aromatic carbocycles. The Morgan fingerprint density at radius 3 is 2.60 bits per heavy atom. The third kappa shape index (κ3) is 3.64. The molecule has 6 heteroatoms. The van der Waals surface area contributed by atoms with Crippen molar-refractivity contribution in [1.29, 1.82) is 0 Å². The highest BCUT2D eigenvalue weighted by atomic mass is 79.9. The second kappa shape index (κ2) is 5.79. The summed E-state index contributed by atoms with van der Waals surface area (Å²) >= 11 is 4.99. The zero-order valence-electron chi connectivity index (χ0n) is 11.4. The third-order valence-corrected chi connectivity index (χ3v) is 5.23. The van der Waals surface area contributed by atoms with Gasteiger partial charge in [0, 0.05) is 34.6 Å². The predicted octanol–water partition coefficient (Wildman–Crippen LogP) is 4.93. The van der Waals surface area contributed by atoms with Crippen molar-refractivity contribution in [3.8, 4) is 0 Å². The van der Waals surface area contributed by atoms with Crippen molar-refractivity contribution in [2.45, 2.75) is 30.1 Å². The van der Waals surface area contributed by atoms with Crippen LogP contribution in [-0.2, 0) is 11.5 Å². The number of benzene rings is 1. The van der Waals surface area contributed by atoms with E-state index >= 15 is 0 Å². The molecule has 1 aliphatic rings. The summed E-state index contributed by atoms with van der Waals surface area (Å²) in [7, 11) is 0. The first-order valence-corrected chi connectivity index (χ1v) is 8.49. The molecule has 0 atom stereocenters. The summed E-state index contributed by atoms with van der Waals surface area (Å²) in [5.74, 6) is 0.939. The normalized spacial score (nSPS) is 19.2. The van der Waals surface area contributed by atoms with Gasteiger partial charge < -0.3 is 4.90 Å². The van der Waals surface area contributed by atoms with Gasteiger partial charge in [-0.3, -0.25) is 0 Å².